The quantitative estimate of drug-likeness (QED) is 0.910. The molecule has 0 spiro atoms. The molecule has 2 aromatic heterocycles. The fourth-order valence-electron chi connectivity index (χ4n) is 2.00. The van der Waals surface area contributed by atoms with Crippen molar-refractivity contribution in [3.63, 3.8) is 0 Å². The third-order valence-electron chi connectivity index (χ3n) is 3.09. The van der Waals surface area contributed by atoms with Crippen LogP contribution in [0.3, 0.4) is 0 Å². The summed E-state index contributed by atoms with van der Waals surface area (Å²) in [6, 6.07) is 4.80. The van der Waals surface area contributed by atoms with Crippen LogP contribution in [-0.4, -0.2) is 21.2 Å². The number of hydrogen-bond donors (Lipinski definition) is 1. The molecule has 0 fully saturated rings. The molecule has 2 aromatic rings. The van der Waals surface area contributed by atoms with Gasteiger partial charge < -0.3 is 9.88 Å². The molecule has 7 heteroatoms. The van der Waals surface area contributed by atoms with E-state index in [1.807, 2.05) is 6.92 Å². The largest absolute Gasteiger partial charge is 0.373 e. The average Bonchev–Trinajstić information content (AvgIpc) is 2.48. The lowest BCUT2D eigenvalue weighted by molar-refractivity contribution is 0.567. The maximum absolute atomic E-state index is 12.3. The fraction of sp³-hybridized carbons (Fsp3) is 0.357. The van der Waals surface area contributed by atoms with Crippen molar-refractivity contribution >= 4 is 17.4 Å². The number of halogens is 1. The number of anilines is 1. The van der Waals surface area contributed by atoms with Crippen molar-refractivity contribution in [2.24, 2.45) is 0 Å². The second kappa shape index (κ2) is 6.58. The van der Waals surface area contributed by atoms with Crippen molar-refractivity contribution in [1.29, 1.82) is 0 Å². The number of hydrogen-bond acceptors (Lipinski definition) is 4. The van der Waals surface area contributed by atoms with Gasteiger partial charge in [-0.3, -0.25) is 9.36 Å². The number of pyridine rings is 1. The van der Waals surface area contributed by atoms with Crippen LogP contribution in [0.5, 0.6) is 0 Å². The van der Waals surface area contributed by atoms with Gasteiger partial charge in [-0.25, -0.2) is 9.78 Å². The van der Waals surface area contributed by atoms with E-state index in [4.69, 9.17) is 11.6 Å². The van der Waals surface area contributed by atoms with Crippen LogP contribution >= 0.6 is 11.6 Å². The van der Waals surface area contributed by atoms with Gasteiger partial charge in [-0.05, 0) is 18.6 Å². The van der Waals surface area contributed by atoms with E-state index in [0.29, 0.717) is 23.1 Å². The second-order valence-corrected chi connectivity index (χ2v) is 5.00. The Balaban J connectivity index is 2.46. The predicted molar refractivity (Wildman–Crippen MR) is 83.1 cm³/mol. The molecule has 6 nitrogen and oxygen atoms in total. The third kappa shape index (κ3) is 3.33. The lowest BCUT2D eigenvalue weighted by Gasteiger charge is -2.10. The molecule has 0 bridgehead atoms. The van der Waals surface area contributed by atoms with Crippen LogP contribution in [0.2, 0.25) is 5.02 Å². The minimum absolute atomic E-state index is 0.0522. The number of nitrogens with zero attached hydrogens (tertiary/aromatic N) is 3. The molecule has 0 atom stereocenters. The highest BCUT2D eigenvalue weighted by molar-refractivity contribution is 6.31. The van der Waals surface area contributed by atoms with Crippen molar-refractivity contribution in [2.45, 2.75) is 26.4 Å². The first-order valence-corrected chi connectivity index (χ1v) is 7.08. The van der Waals surface area contributed by atoms with Gasteiger partial charge in [-0.15, -0.1) is 0 Å². The Labute approximate surface area is 127 Å². The van der Waals surface area contributed by atoms with Gasteiger partial charge in [0.2, 0.25) is 0 Å². The van der Waals surface area contributed by atoms with Crippen LogP contribution in [0.15, 0.2) is 34.0 Å². The molecule has 0 unspecified atom stereocenters. The monoisotopic (exact) mass is 308 g/mol. The molecular weight excluding hydrogens is 292 g/mol. The van der Waals surface area contributed by atoms with Gasteiger partial charge in [0.25, 0.3) is 5.56 Å². The molecule has 0 saturated heterocycles. The zero-order chi connectivity index (χ0) is 15.4. The van der Waals surface area contributed by atoms with E-state index in [0.717, 1.165) is 11.0 Å². The summed E-state index contributed by atoms with van der Waals surface area (Å²) >= 11 is 6.09. The Morgan fingerprint density at radius 2 is 2.05 bits per heavy atom. The predicted octanol–water partition coefficient (Wildman–Crippen LogP) is 1.56. The van der Waals surface area contributed by atoms with Gasteiger partial charge in [0.05, 0.1) is 17.3 Å². The van der Waals surface area contributed by atoms with Gasteiger partial charge in [-0.1, -0.05) is 18.5 Å². The van der Waals surface area contributed by atoms with E-state index >= 15 is 0 Å². The fourth-order valence-corrected chi connectivity index (χ4v) is 2.16. The molecular formula is C14H17ClN4O2. The first-order valence-electron chi connectivity index (χ1n) is 6.70. The molecule has 0 aliphatic rings. The highest BCUT2D eigenvalue weighted by atomic mass is 35.5. The number of aromatic nitrogens is 3. The Hall–Kier alpha value is -2.08. The van der Waals surface area contributed by atoms with Gasteiger partial charge in [0.15, 0.2) is 0 Å². The first kappa shape index (κ1) is 15.3. The van der Waals surface area contributed by atoms with E-state index in [-0.39, 0.29) is 17.8 Å². The Morgan fingerprint density at radius 1 is 1.29 bits per heavy atom. The minimum atomic E-state index is -0.361. The summed E-state index contributed by atoms with van der Waals surface area (Å²) in [4.78, 5) is 28.5. The van der Waals surface area contributed by atoms with Crippen LogP contribution < -0.4 is 16.6 Å². The Kier molecular flexibility index (Phi) is 4.80. The summed E-state index contributed by atoms with van der Waals surface area (Å²) in [7, 11) is 1.74. The van der Waals surface area contributed by atoms with Crippen molar-refractivity contribution in [3.8, 4) is 0 Å². The van der Waals surface area contributed by atoms with Crippen LogP contribution in [-0.2, 0) is 13.1 Å². The van der Waals surface area contributed by atoms with E-state index in [1.165, 1.54) is 16.8 Å². The summed E-state index contributed by atoms with van der Waals surface area (Å²) in [6.45, 7) is 2.59. The van der Waals surface area contributed by atoms with E-state index in [1.54, 1.807) is 19.2 Å². The smallest absolute Gasteiger partial charge is 0.331 e. The topological polar surface area (TPSA) is 68.9 Å². The molecule has 0 aliphatic heterocycles. The summed E-state index contributed by atoms with van der Waals surface area (Å²) in [5, 5.41) is 3.32. The highest BCUT2D eigenvalue weighted by Gasteiger charge is 2.10. The molecule has 0 aromatic carbocycles. The van der Waals surface area contributed by atoms with Crippen LogP contribution in [0.4, 0.5) is 5.82 Å². The second-order valence-electron chi connectivity index (χ2n) is 4.59. The molecule has 1 N–H and O–H groups in total. The maximum atomic E-state index is 12.3. The zero-order valence-corrected chi connectivity index (χ0v) is 12.7. The molecule has 2 rings (SSSR count). The summed E-state index contributed by atoms with van der Waals surface area (Å²) in [6.07, 6.45) is 2.33. The van der Waals surface area contributed by atoms with E-state index in [9.17, 15) is 9.59 Å². The molecule has 0 radical (unpaired) electrons. The molecule has 0 amide bonds. The van der Waals surface area contributed by atoms with Crippen molar-refractivity contribution in [2.75, 3.05) is 12.4 Å². The summed E-state index contributed by atoms with van der Waals surface area (Å²) < 4.78 is 2.65. The van der Waals surface area contributed by atoms with Crippen LogP contribution in [0.1, 0.15) is 19.0 Å². The van der Waals surface area contributed by atoms with Crippen molar-refractivity contribution in [3.05, 3.63) is 56.0 Å². The lowest BCUT2D eigenvalue weighted by atomic mass is 10.3. The van der Waals surface area contributed by atoms with E-state index < -0.39 is 0 Å². The van der Waals surface area contributed by atoms with Gasteiger partial charge in [0, 0.05) is 25.9 Å². The Morgan fingerprint density at radius 3 is 2.71 bits per heavy atom. The summed E-state index contributed by atoms with van der Waals surface area (Å²) in [5.74, 6) is 0.632. The lowest BCUT2D eigenvalue weighted by Crippen LogP contribution is -2.39. The van der Waals surface area contributed by atoms with Crippen molar-refractivity contribution in [1.82, 2.24) is 14.1 Å². The van der Waals surface area contributed by atoms with E-state index in [2.05, 4.69) is 10.3 Å². The van der Waals surface area contributed by atoms with Crippen LogP contribution in [0, 0.1) is 0 Å². The minimum Gasteiger partial charge on any atom is -0.373 e. The summed E-state index contributed by atoms with van der Waals surface area (Å²) in [5.41, 5.74) is -0.228. The normalized spacial score (nSPS) is 10.6. The van der Waals surface area contributed by atoms with Gasteiger partial charge in [0.1, 0.15) is 5.82 Å². The molecule has 0 saturated carbocycles. The Bertz CT molecular complexity index is 751. The number of rotatable bonds is 5. The molecule has 112 valence electrons. The van der Waals surface area contributed by atoms with Crippen molar-refractivity contribution < 1.29 is 0 Å². The SMILES string of the molecule is CCCn1ccc(=O)n(Cc2nc(NC)ccc2Cl)c1=O. The highest BCUT2D eigenvalue weighted by Crippen LogP contribution is 2.16. The third-order valence-corrected chi connectivity index (χ3v) is 3.43. The van der Waals surface area contributed by atoms with Gasteiger partial charge >= 0.3 is 5.69 Å². The number of aryl methyl sites for hydroxylation is 1. The first-order chi connectivity index (χ1) is 10.1. The van der Waals surface area contributed by atoms with Crippen LogP contribution in [0.25, 0.3) is 0 Å². The molecule has 0 aliphatic carbocycles. The standard InChI is InChI=1S/C14H17ClN4O2/c1-3-7-18-8-6-13(20)19(14(18)21)9-11-10(15)4-5-12(16-2)17-11/h4-6,8H,3,7,9H2,1-2H3,(H,16,17). The maximum Gasteiger partial charge on any atom is 0.331 e. The van der Waals surface area contributed by atoms with Gasteiger partial charge in [-0.2, -0.15) is 0 Å². The molecule has 21 heavy (non-hydrogen) atoms. The zero-order valence-electron chi connectivity index (χ0n) is 12.0. The molecule has 2 heterocycles. The number of nitrogens with one attached hydrogen (secondary N) is 1. The average molecular weight is 309 g/mol.